The third-order valence-electron chi connectivity index (χ3n) is 3.36. The molecule has 0 radical (unpaired) electrons. The van der Waals surface area contributed by atoms with E-state index in [1.165, 1.54) is 5.56 Å². The Bertz CT molecular complexity index is 348. The molecule has 1 N–H and O–H groups in total. The van der Waals surface area contributed by atoms with Crippen molar-refractivity contribution in [1.82, 2.24) is 5.32 Å². The Morgan fingerprint density at radius 1 is 1.28 bits per heavy atom. The molecule has 1 atom stereocenters. The van der Waals surface area contributed by atoms with Gasteiger partial charge in [-0.1, -0.05) is 35.0 Å². The van der Waals surface area contributed by atoms with Crippen LogP contribution in [0.3, 0.4) is 0 Å². The molecule has 0 amide bonds. The van der Waals surface area contributed by atoms with Gasteiger partial charge in [-0.25, -0.2) is 0 Å². The van der Waals surface area contributed by atoms with Gasteiger partial charge >= 0.3 is 0 Å². The Balaban J connectivity index is 2.74. The topological polar surface area (TPSA) is 21.3 Å². The number of methoxy groups -OCH3 is 1. The molecular weight excluding hydrogens is 290 g/mol. The maximum absolute atomic E-state index is 5.62. The van der Waals surface area contributed by atoms with Gasteiger partial charge < -0.3 is 10.1 Å². The molecule has 0 saturated carbocycles. The van der Waals surface area contributed by atoms with Crippen LogP contribution in [0.25, 0.3) is 0 Å². The predicted octanol–water partition coefficient (Wildman–Crippen LogP) is 3.78. The van der Waals surface area contributed by atoms with Crippen molar-refractivity contribution < 1.29 is 4.74 Å². The molecule has 1 aromatic rings. The van der Waals surface area contributed by atoms with E-state index in [4.69, 9.17) is 4.74 Å². The number of hydrogen-bond acceptors (Lipinski definition) is 2. The van der Waals surface area contributed by atoms with Crippen LogP contribution in [0.15, 0.2) is 28.7 Å². The maximum atomic E-state index is 5.62. The summed E-state index contributed by atoms with van der Waals surface area (Å²) in [5.74, 6) is 0. The van der Waals surface area contributed by atoms with Crippen LogP contribution >= 0.6 is 15.9 Å². The average Bonchev–Trinajstić information content (AvgIpc) is 2.36. The van der Waals surface area contributed by atoms with Gasteiger partial charge in [0.25, 0.3) is 0 Å². The fourth-order valence-corrected chi connectivity index (χ4v) is 2.15. The summed E-state index contributed by atoms with van der Waals surface area (Å²) in [5.41, 5.74) is 1.17. The molecule has 1 rings (SSSR count). The molecule has 0 aliphatic rings. The minimum absolute atomic E-state index is 0.164. The molecule has 1 unspecified atom stereocenters. The van der Waals surface area contributed by atoms with E-state index in [2.05, 4.69) is 66.3 Å². The summed E-state index contributed by atoms with van der Waals surface area (Å²) in [4.78, 5) is 0. The van der Waals surface area contributed by atoms with Gasteiger partial charge in [0.05, 0.1) is 5.60 Å². The largest absolute Gasteiger partial charge is 0.377 e. The minimum Gasteiger partial charge on any atom is -0.377 e. The lowest BCUT2D eigenvalue weighted by atomic mass is 9.92. The summed E-state index contributed by atoms with van der Waals surface area (Å²) >= 11 is 3.47. The molecule has 102 valence electrons. The van der Waals surface area contributed by atoms with Crippen molar-refractivity contribution in [2.75, 3.05) is 13.7 Å². The molecule has 0 saturated heterocycles. The SMILES string of the molecule is CCCNC(Cc1ccc(Br)cc1)C(C)(C)OC. The van der Waals surface area contributed by atoms with Crippen LogP contribution in [0.4, 0.5) is 0 Å². The van der Waals surface area contributed by atoms with Crippen LogP contribution in [0, 0.1) is 0 Å². The van der Waals surface area contributed by atoms with Crippen LogP contribution in [-0.2, 0) is 11.2 Å². The van der Waals surface area contributed by atoms with Gasteiger partial charge in [0.2, 0.25) is 0 Å². The summed E-state index contributed by atoms with van der Waals surface area (Å²) in [6.07, 6.45) is 2.12. The lowest BCUT2D eigenvalue weighted by Gasteiger charge is -2.34. The molecule has 0 bridgehead atoms. The monoisotopic (exact) mass is 313 g/mol. The van der Waals surface area contributed by atoms with E-state index in [0.717, 1.165) is 23.9 Å². The Kier molecular flexibility index (Phi) is 6.33. The van der Waals surface area contributed by atoms with E-state index in [1.807, 2.05) is 0 Å². The fraction of sp³-hybridized carbons (Fsp3) is 0.600. The first-order valence-corrected chi connectivity index (χ1v) is 7.32. The van der Waals surface area contributed by atoms with E-state index >= 15 is 0 Å². The molecular formula is C15H24BrNO. The van der Waals surface area contributed by atoms with Crippen molar-refractivity contribution in [2.45, 2.75) is 45.3 Å². The van der Waals surface area contributed by atoms with E-state index in [9.17, 15) is 0 Å². The second-order valence-electron chi connectivity index (χ2n) is 5.14. The highest BCUT2D eigenvalue weighted by molar-refractivity contribution is 9.10. The van der Waals surface area contributed by atoms with Crippen LogP contribution in [0.1, 0.15) is 32.8 Å². The van der Waals surface area contributed by atoms with Gasteiger partial charge in [-0.3, -0.25) is 0 Å². The van der Waals surface area contributed by atoms with Crippen LogP contribution < -0.4 is 5.32 Å². The van der Waals surface area contributed by atoms with Crippen molar-refractivity contribution in [1.29, 1.82) is 0 Å². The predicted molar refractivity (Wildman–Crippen MR) is 81.0 cm³/mol. The van der Waals surface area contributed by atoms with E-state index in [-0.39, 0.29) is 5.60 Å². The minimum atomic E-state index is -0.164. The number of halogens is 1. The van der Waals surface area contributed by atoms with E-state index in [1.54, 1.807) is 7.11 Å². The first-order valence-electron chi connectivity index (χ1n) is 6.52. The zero-order chi connectivity index (χ0) is 13.6. The molecule has 3 heteroatoms. The van der Waals surface area contributed by atoms with Gasteiger partial charge in [0.15, 0.2) is 0 Å². The lowest BCUT2D eigenvalue weighted by molar-refractivity contribution is -0.00997. The molecule has 18 heavy (non-hydrogen) atoms. The average molecular weight is 314 g/mol. The number of ether oxygens (including phenoxy) is 1. The number of benzene rings is 1. The summed E-state index contributed by atoms with van der Waals surface area (Å²) < 4.78 is 6.74. The smallest absolute Gasteiger partial charge is 0.0778 e. The van der Waals surface area contributed by atoms with Crippen LogP contribution in [0.5, 0.6) is 0 Å². The number of hydrogen-bond donors (Lipinski definition) is 1. The fourth-order valence-electron chi connectivity index (χ4n) is 1.88. The molecule has 0 aliphatic carbocycles. The molecule has 0 fully saturated rings. The first-order chi connectivity index (χ1) is 8.49. The van der Waals surface area contributed by atoms with E-state index in [0.29, 0.717) is 6.04 Å². The zero-order valence-corrected chi connectivity index (χ0v) is 13.4. The second-order valence-corrected chi connectivity index (χ2v) is 6.06. The molecule has 0 spiro atoms. The highest BCUT2D eigenvalue weighted by Crippen LogP contribution is 2.19. The Morgan fingerprint density at radius 3 is 2.39 bits per heavy atom. The third-order valence-corrected chi connectivity index (χ3v) is 3.89. The maximum Gasteiger partial charge on any atom is 0.0778 e. The highest BCUT2D eigenvalue weighted by Gasteiger charge is 2.28. The van der Waals surface area contributed by atoms with E-state index < -0.39 is 0 Å². The zero-order valence-electron chi connectivity index (χ0n) is 11.8. The molecule has 2 nitrogen and oxygen atoms in total. The summed E-state index contributed by atoms with van der Waals surface area (Å²) in [6, 6.07) is 8.83. The van der Waals surface area contributed by atoms with Gasteiger partial charge in [0, 0.05) is 17.6 Å². The highest BCUT2D eigenvalue weighted by atomic mass is 79.9. The summed E-state index contributed by atoms with van der Waals surface area (Å²) in [5, 5.41) is 3.59. The van der Waals surface area contributed by atoms with Crippen LogP contribution in [0.2, 0.25) is 0 Å². The lowest BCUT2D eigenvalue weighted by Crippen LogP contribution is -2.49. The van der Waals surface area contributed by atoms with Gasteiger partial charge in [0.1, 0.15) is 0 Å². The standard InChI is InChI=1S/C15H24BrNO/c1-5-10-17-14(15(2,3)18-4)11-12-6-8-13(16)9-7-12/h6-9,14,17H,5,10-11H2,1-4H3. The second kappa shape index (κ2) is 7.27. The van der Waals surface area contributed by atoms with Crippen LogP contribution in [-0.4, -0.2) is 25.3 Å². The third kappa shape index (κ3) is 4.71. The van der Waals surface area contributed by atoms with Gasteiger partial charge in [-0.05, 0) is 50.9 Å². The van der Waals surface area contributed by atoms with Crippen molar-refractivity contribution in [2.24, 2.45) is 0 Å². The normalized spacial score (nSPS) is 13.6. The van der Waals surface area contributed by atoms with Crippen molar-refractivity contribution in [3.63, 3.8) is 0 Å². The number of rotatable bonds is 7. The quantitative estimate of drug-likeness (QED) is 0.827. The summed E-state index contributed by atoms with van der Waals surface area (Å²) in [7, 11) is 1.78. The Hall–Kier alpha value is -0.380. The number of nitrogens with one attached hydrogen (secondary N) is 1. The van der Waals surface area contributed by atoms with Gasteiger partial charge in [-0.2, -0.15) is 0 Å². The van der Waals surface area contributed by atoms with Gasteiger partial charge in [-0.15, -0.1) is 0 Å². The Morgan fingerprint density at radius 2 is 1.89 bits per heavy atom. The molecule has 0 heterocycles. The first kappa shape index (κ1) is 15.7. The molecule has 0 aliphatic heterocycles. The molecule has 1 aromatic carbocycles. The van der Waals surface area contributed by atoms with Crippen molar-refractivity contribution >= 4 is 15.9 Å². The summed E-state index contributed by atoms with van der Waals surface area (Å²) in [6.45, 7) is 7.48. The van der Waals surface area contributed by atoms with Crippen molar-refractivity contribution in [3.05, 3.63) is 34.3 Å². The molecule has 0 aromatic heterocycles. The Labute approximate surface area is 119 Å². The van der Waals surface area contributed by atoms with Crippen molar-refractivity contribution in [3.8, 4) is 0 Å².